The number of hydrogen-bond acceptors (Lipinski definition) is 3. The molecule has 2 rings (SSSR count). The van der Waals surface area contributed by atoms with Crippen LogP contribution in [0.3, 0.4) is 0 Å². The van der Waals surface area contributed by atoms with Gasteiger partial charge in [0.15, 0.2) is 5.11 Å². The van der Waals surface area contributed by atoms with Gasteiger partial charge in [0, 0.05) is 0 Å². The van der Waals surface area contributed by atoms with Gasteiger partial charge in [-0.25, -0.2) is 5.01 Å². The molecule has 0 unspecified atom stereocenters. The van der Waals surface area contributed by atoms with Crippen molar-refractivity contribution in [2.45, 2.75) is 6.42 Å². The lowest BCUT2D eigenvalue weighted by molar-refractivity contribution is -0.120. The maximum atomic E-state index is 12.2. The van der Waals surface area contributed by atoms with E-state index in [0.29, 0.717) is 5.69 Å². The van der Waals surface area contributed by atoms with Gasteiger partial charge in [-0.15, -0.1) is 0 Å². The number of ether oxygens (including phenoxy) is 1. The van der Waals surface area contributed by atoms with Crippen molar-refractivity contribution in [3.63, 3.8) is 0 Å². The van der Waals surface area contributed by atoms with E-state index in [9.17, 15) is 4.79 Å². The number of nitrogens with two attached hydrogens (primary N) is 1. The highest BCUT2D eigenvalue weighted by Gasteiger charge is 2.13. The van der Waals surface area contributed by atoms with Crippen LogP contribution < -0.4 is 20.9 Å². The Bertz CT molecular complexity index is 644. The van der Waals surface area contributed by atoms with Crippen LogP contribution in [0.25, 0.3) is 0 Å². The van der Waals surface area contributed by atoms with Crippen molar-refractivity contribution in [1.29, 1.82) is 0 Å². The second-order valence-corrected chi connectivity index (χ2v) is 4.99. The molecule has 114 valence electrons. The Balaban J connectivity index is 2.03. The van der Waals surface area contributed by atoms with Crippen molar-refractivity contribution in [3.05, 3.63) is 60.2 Å². The number of anilines is 1. The Hall–Kier alpha value is -2.60. The van der Waals surface area contributed by atoms with Crippen molar-refractivity contribution in [2.75, 3.05) is 12.1 Å². The van der Waals surface area contributed by atoms with E-state index in [-0.39, 0.29) is 17.4 Å². The molecule has 0 spiro atoms. The fraction of sp³-hybridized carbons (Fsp3) is 0.125. The fourth-order valence-corrected chi connectivity index (χ4v) is 2.07. The third-order valence-electron chi connectivity index (χ3n) is 3.00. The zero-order chi connectivity index (χ0) is 15.9. The number of amides is 1. The summed E-state index contributed by atoms with van der Waals surface area (Å²) in [5, 5.41) is 1.47. The number of hydrazine groups is 1. The second kappa shape index (κ2) is 7.42. The van der Waals surface area contributed by atoms with Crippen LogP contribution in [-0.2, 0) is 11.2 Å². The monoisotopic (exact) mass is 315 g/mol. The van der Waals surface area contributed by atoms with Crippen molar-refractivity contribution in [2.24, 2.45) is 5.73 Å². The summed E-state index contributed by atoms with van der Waals surface area (Å²) in [4.78, 5) is 12.2. The molecule has 2 aromatic rings. The van der Waals surface area contributed by atoms with Gasteiger partial charge in [0.05, 0.1) is 19.2 Å². The summed E-state index contributed by atoms with van der Waals surface area (Å²) >= 11 is 4.99. The number of thiocarbonyl (C=S) groups is 1. The van der Waals surface area contributed by atoms with E-state index < -0.39 is 0 Å². The van der Waals surface area contributed by atoms with Gasteiger partial charge >= 0.3 is 0 Å². The quantitative estimate of drug-likeness (QED) is 0.667. The molecule has 0 aromatic heterocycles. The van der Waals surface area contributed by atoms with E-state index in [2.05, 4.69) is 5.43 Å². The maximum absolute atomic E-state index is 12.2. The summed E-state index contributed by atoms with van der Waals surface area (Å²) in [6, 6.07) is 16.5. The van der Waals surface area contributed by atoms with Crippen LogP contribution in [0.4, 0.5) is 5.69 Å². The number of nitrogens with zero attached hydrogens (tertiary/aromatic N) is 1. The number of rotatable bonds is 4. The van der Waals surface area contributed by atoms with Crippen molar-refractivity contribution in [1.82, 2.24) is 5.43 Å². The van der Waals surface area contributed by atoms with Crippen LogP contribution in [0.2, 0.25) is 0 Å². The van der Waals surface area contributed by atoms with Gasteiger partial charge in [0.25, 0.3) is 0 Å². The Morgan fingerprint density at radius 3 is 2.36 bits per heavy atom. The van der Waals surface area contributed by atoms with Crippen LogP contribution in [0.5, 0.6) is 5.75 Å². The maximum Gasteiger partial charge on any atom is 0.243 e. The number of carbonyl (C=O) groups excluding carboxylic acids is 1. The molecule has 0 aliphatic carbocycles. The number of carbonyl (C=O) groups is 1. The minimum absolute atomic E-state index is 0.0780. The molecule has 3 N–H and O–H groups in total. The SMILES string of the molecule is COc1ccc(CC(=O)NN(C(N)=S)c2ccccc2)cc1. The molecular formula is C16H17N3O2S. The summed E-state index contributed by atoms with van der Waals surface area (Å²) in [6.07, 6.45) is 0.218. The van der Waals surface area contributed by atoms with Crippen LogP contribution in [0, 0.1) is 0 Å². The van der Waals surface area contributed by atoms with Crippen molar-refractivity contribution in [3.8, 4) is 5.75 Å². The Labute approximate surface area is 134 Å². The lowest BCUT2D eigenvalue weighted by Crippen LogP contribution is -2.49. The van der Waals surface area contributed by atoms with E-state index in [1.807, 2.05) is 54.6 Å². The molecule has 0 saturated heterocycles. The first-order valence-corrected chi connectivity index (χ1v) is 7.08. The summed E-state index contributed by atoms with van der Waals surface area (Å²) in [5.74, 6) is 0.542. The molecule has 0 aliphatic rings. The van der Waals surface area contributed by atoms with Gasteiger partial charge in [-0.05, 0) is 42.0 Å². The molecule has 0 heterocycles. The minimum Gasteiger partial charge on any atom is -0.497 e. The zero-order valence-corrected chi connectivity index (χ0v) is 13.0. The number of methoxy groups -OCH3 is 1. The number of para-hydroxylation sites is 1. The van der Waals surface area contributed by atoms with Crippen LogP contribution in [-0.4, -0.2) is 18.1 Å². The molecule has 1 amide bonds. The lowest BCUT2D eigenvalue weighted by Gasteiger charge is -2.23. The van der Waals surface area contributed by atoms with Gasteiger partial charge in [-0.1, -0.05) is 30.3 Å². The van der Waals surface area contributed by atoms with Crippen molar-refractivity contribution < 1.29 is 9.53 Å². The average Bonchev–Trinajstić information content (AvgIpc) is 2.54. The van der Waals surface area contributed by atoms with Gasteiger partial charge in [0.2, 0.25) is 5.91 Å². The topological polar surface area (TPSA) is 67.6 Å². The molecule has 6 heteroatoms. The average molecular weight is 315 g/mol. The third kappa shape index (κ3) is 4.20. The van der Waals surface area contributed by atoms with Gasteiger partial charge < -0.3 is 10.5 Å². The molecule has 0 fully saturated rings. The molecule has 0 radical (unpaired) electrons. The Kier molecular flexibility index (Phi) is 5.32. The summed E-state index contributed by atoms with van der Waals surface area (Å²) in [7, 11) is 1.60. The van der Waals surface area contributed by atoms with Crippen LogP contribution in [0.1, 0.15) is 5.56 Å². The lowest BCUT2D eigenvalue weighted by atomic mass is 10.1. The first-order valence-electron chi connectivity index (χ1n) is 6.67. The number of hydrogen-bond donors (Lipinski definition) is 2. The predicted molar refractivity (Wildman–Crippen MR) is 90.5 cm³/mol. The molecule has 0 atom stereocenters. The highest BCUT2D eigenvalue weighted by Crippen LogP contribution is 2.13. The predicted octanol–water partition coefficient (Wildman–Crippen LogP) is 2.02. The number of nitrogens with one attached hydrogen (secondary N) is 1. The normalized spacial score (nSPS) is 9.86. The molecule has 5 nitrogen and oxygen atoms in total. The molecular weight excluding hydrogens is 298 g/mol. The summed E-state index contributed by atoms with van der Waals surface area (Å²) < 4.78 is 5.09. The Morgan fingerprint density at radius 2 is 1.82 bits per heavy atom. The second-order valence-electron chi connectivity index (χ2n) is 4.57. The highest BCUT2D eigenvalue weighted by molar-refractivity contribution is 7.80. The van der Waals surface area contributed by atoms with E-state index in [0.717, 1.165) is 11.3 Å². The zero-order valence-electron chi connectivity index (χ0n) is 12.2. The van der Waals surface area contributed by atoms with E-state index in [1.165, 1.54) is 5.01 Å². The van der Waals surface area contributed by atoms with Crippen LogP contribution in [0.15, 0.2) is 54.6 Å². The first kappa shape index (κ1) is 15.8. The van der Waals surface area contributed by atoms with E-state index in [4.69, 9.17) is 22.7 Å². The summed E-state index contributed by atoms with van der Waals surface area (Å²) in [6.45, 7) is 0. The largest absolute Gasteiger partial charge is 0.497 e. The molecule has 22 heavy (non-hydrogen) atoms. The Morgan fingerprint density at radius 1 is 1.18 bits per heavy atom. The third-order valence-corrected chi connectivity index (χ3v) is 3.18. The van der Waals surface area contributed by atoms with Gasteiger partial charge in [-0.3, -0.25) is 10.2 Å². The summed E-state index contributed by atoms with van der Waals surface area (Å²) in [5.41, 5.74) is 9.96. The van der Waals surface area contributed by atoms with Gasteiger partial charge in [0.1, 0.15) is 5.75 Å². The molecule has 0 bridgehead atoms. The molecule has 0 aliphatic heterocycles. The number of benzene rings is 2. The van der Waals surface area contributed by atoms with E-state index in [1.54, 1.807) is 7.11 Å². The standard InChI is InChI=1S/C16H17N3O2S/c1-21-14-9-7-12(8-10-14)11-15(20)18-19(16(17)22)13-5-3-2-4-6-13/h2-10H,11H2,1H3,(H2,17,22)(H,18,20). The fourth-order valence-electron chi connectivity index (χ4n) is 1.92. The van der Waals surface area contributed by atoms with Crippen LogP contribution >= 0.6 is 12.2 Å². The molecule has 2 aromatic carbocycles. The minimum atomic E-state index is -0.207. The van der Waals surface area contributed by atoms with Crippen molar-refractivity contribution >= 4 is 28.9 Å². The molecule has 0 saturated carbocycles. The smallest absolute Gasteiger partial charge is 0.243 e. The van der Waals surface area contributed by atoms with Gasteiger partial charge in [-0.2, -0.15) is 0 Å². The van der Waals surface area contributed by atoms with E-state index >= 15 is 0 Å². The first-order chi connectivity index (χ1) is 10.6. The highest BCUT2D eigenvalue weighted by atomic mass is 32.1.